The number of hydrogen-bond donors (Lipinski definition) is 0. The van der Waals surface area contributed by atoms with Gasteiger partial charge in [-0.1, -0.05) is 30.3 Å². The van der Waals surface area contributed by atoms with E-state index >= 15 is 0 Å². The molecule has 0 atom stereocenters. The minimum absolute atomic E-state index is 0.334. The summed E-state index contributed by atoms with van der Waals surface area (Å²) in [6.45, 7) is 0. The quantitative estimate of drug-likeness (QED) is 0.609. The van der Waals surface area contributed by atoms with Gasteiger partial charge in [-0.3, -0.25) is 0 Å². The minimum atomic E-state index is -0.334. The van der Waals surface area contributed by atoms with Crippen LogP contribution in [0.25, 0.3) is 16.5 Å². The van der Waals surface area contributed by atoms with Crippen molar-refractivity contribution in [2.45, 2.75) is 0 Å². The summed E-state index contributed by atoms with van der Waals surface area (Å²) in [4.78, 5) is 13.2. The van der Waals surface area contributed by atoms with Gasteiger partial charge in [-0.2, -0.15) is 0 Å². The fourth-order valence-corrected chi connectivity index (χ4v) is 2.33. The molecular formula is C14H12O2S. The number of esters is 1. The normalized spacial score (nSPS) is 10.6. The Morgan fingerprint density at radius 2 is 1.94 bits per heavy atom. The van der Waals surface area contributed by atoms with Crippen LogP contribution in [0.15, 0.2) is 48.5 Å². The number of ether oxygens (including phenoxy) is 1. The second-order valence-corrected chi connectivity index (χ2v) is 4.54. The highest BCUT2D eigenvalue weighted by molar-refractivity contribution is 7.16. The van der Waals surface area contributed by atoms with Crippen LogP contribution in [0.2, 0.25) is 0 Å². The van der Waals surface area contributed by atoms with E-state index < -0.39 is 0 Å². The zero-order valence-electron chi connectivity index (χ0n) is 9.42. The summed E-state index contributed by atoms with van der Waals surface area (Å²) >= 11 is 1.64. The van der Waals surface area contributed by atoms with Gasteiger partial charge in [0.25, 0.3) is 0 Å². The fourth-order valence-electron chi connectivity index (χ4n) is 1.42. The number of carbonyl (C=O) groups excluding carboxylic acids is 1. The molecule has 0 aliphatic carbocycles. The van der Waals surface area contributed by atoms with Crippen molar-refractivity contribution in [1.82, 2.24) is 0 Å². The van der Waals surface area contributed by atoms with Gasteiger partial charge < -0.3 is 4.74 Å². The number of rotatable bonds is 3. The van der Waals surface area contributed by atoms with Crippen LogP contribution in [0.4, 0.5) is 0 Å². The van der Waals surface area contributed by atoms with Crippen LogP contribution < -0.4 is 0 Å². The van der Waals surface area contributed by atoms with Gasteiger partial charge in [0.1, 0.15) is 0 Å². The average Bonchev–Trinajstić information content (AvgIpc) is 2.86. The van der Waals surface area contributed by atoms with E-state index in [1.165, 1.54) is 23.6 Å². The Morgan fingerprint density at radius 1 is 1.18 bits per heavy atom. The molecule has 2 aromatic rings. The molecule has 0 aliphatic rings. The molecule has 3 heteroatoms. The first-order chi connectivity index (χ1) is 8.29. The highest BCUT2D eigenvalue weighted by atomic mass is 32.1. The monoisotopic (exact) mass is 244 g/mol. The maximum Gasteiger partial charge on any atom is 0.330 e. The van der Waals surface area contributed by atoms with E-state index in [9.17, 15) is 4.79 Å². The van der Waals surface area contributed by atoms with E-state index in [1.54, 1.807) is 17.4 Å². The Labute approximate surface area is 104 Å². The molecule has 0 saturated carbocycles. The van der Waals surface area contributed by atoms with Gasteiger partial charge in [0.15, 0.2) is 0 Å². The van der Waals surface area contributed by atoms with Crippen LogP contribution in [0.1, 0.15) is 4.88 Å². The van der Waals surface area contributed by atoms with E-state index in [2.05, 4.69) is 22.9 Å². The van der Waals surface area contributed by atoms with Gasteiger partial charge in [-0.05, 0) is 23.8 Å². The van der Waals surface area contributed by atoms with Crippen LogP contribution in [0.5, 0.6) is 0 Å². The number of benzene rings is 1. The van der Waals surface area contributed by atoms with Gasteiger partial charge in [0.2, 0.25) is 0 Å². The molecular weight excluding hydrogens is 232 g/mol. The first kappa shape index (κ1) is 11.6. The summed E-state index contributed by atoms with van der Waals surface area (Å²) < 4.78 is 4.54. The summed E-state index contributed by atoms with van der Waals surface area (Å²) in [7, 11) is 1.37. The number of thiophene rings is 1. The predicted molar refractivity (Wildman–Crippen MR) is 70.8 cm³/mol. The molecule has 1 aromatic carbocycles. The molecule has 0 saturated heterocycles. The Kier molecular flexibility index (Phi) is 3.73. The van der Waals surface area contributed by atoms with Crippen molar-refractivity contribution in [1.29, 1.82) is 0 Å². The highest BCUT2D eigenvalue weighted by Crippen LogP contribution is 2.28. The fraction of sp³-hybridized carbons (Fsp3) is 0.0714. The smallest absolute Gasteiger partial charge is 0.330 e. The zero-order valence-corrected chi connectivity index (χ0v) is 10.2. The third-order valence-corrected chi connectivity index (χ3v) is 3.37. The van der Waals surface area contributed by atoms with Gasteiger partial charge >= 0.3 is 5.97 Å². The number of hydrogen-bond acceptors (Lipinski definition) is 3. The molecule has 0 bridgehead atoms. The van der Waals surface area contributed by atoms with Crippen molar-refractivity contribution in [2.24, 2.45) is 0 Å². The molecule has 17 heavy (non-hydrogen) atoms. The molecule has 2 rings (SSSR count). The van der Waals surface area contributed by atoms with Gasteiger partial charge in [-0.25, -0.2) is 4.79 Å². The SMILES string of the molecule is COC(=O)/C=C/c1ccc(-c2ccccc2)s1. The van der Waals surface area contributed by atoms with E-state index in [-0.39, 0.29) is 5.97 Å². The van der Waals surface area contributed by atoms with Crippen molar-refractivity contribution < 1.29 is 9.53 Å². The van der Waals surface area contributed by atoms with E-state index in [4.69, 9.17) is 0 Å². The van der Waals surface area contributed by atoms with E-state index in [1.807, 2.05) is 24.3 Å². The maximum absolute atomic E-state index is 11.0. The van der Waals surface area contributed by atoms with E-state index in [0.717, 1.165) is 4.88 Å². The van der Waals surface area contributed by atoms with Crippen molar-refractivity contribution in [3.05, 3.63) is 53.4 Å². The highest BCUT2D eigenvalue weighted by Gasteiger charge is 2.00. The molecule has 1 aromatic heterocycles. The van der Waals surface area contributed by atoms with Crippen LogP contribution in [0, 0.1) is 0 Å². The molecule has 1 heterocycles. The van der Waals surface area contributed by atoms with Crippen molar-refractivity contribution in [2.75, 3.05) is 7.11 Å². The third kappa shape index (κ3) is 3.04. The lowest BCUT2D eigenvalue weighted by Gasteiger charge is -1.94. The lowest BCUT2D eigenvalue weighted by Crippen LogP contribution is -1.92. The molecule has 0 amide bonds. The number of carbonyl (C=O) groups is 1. The van der Waals surface area contributed by atoms with Gasteiger partial charge in [0, 0.05) is 15.8 Å². The predicted octanol–water partition coefficient (Wildman–Crippen LogP) is 3.60. The van der Waals surface area contributed by atoms with Crippen LogP contribution in [0.3, 0.4) is 0 Å². The van der Waals surface area contributed by atoms with Gasteiger partial charge in [-0.15, -0.1) is 11.3 Å². The first-order valence-corrected chi connectivity index (χ1v) is 6.02. The lowest BCUT2D eigenvalue weighted by atomic mass is 10.2. The Hall–Kier alpha value is -1.87. The molecule has 0 fully saturated rings. The molecule has 0 spiro atoms. The Morgan fingerprint density at radius 3 is 2.65 bits per heavy atom. The minimum Gasteiger partial charge on any atom is -0.466 e. The average molecular weight is 244 g/mol. The van der Waals surface area contributed by atoms with Crippen molar-refractivity contribution in [3.8, 4) is 10.4 Å². The van der Waals surface area contributed by atoms with Crippen molar-refractivity contribution >= 4 is 23.4 Å². The molecule has 0 aliphatic heterocycles. The topological polar surface area (TPSA) is 26.3 Å². The van der Waals surface area contributed by atoms with Crippen LogP contribution in [-0.2, 0) is 9.53 Å². The largest absolute Gasteiger partial charge is 0.466 e. The lowest BCUT2D eigenvalue weighted by molar-refractivity contribution is -0.134. The molecule has 0 N–H and O–H groups in total. The maximum atomic E-state index is 11.0. The summed E-state index contributed by atoms with van der Waals surface area (Å²) in [6, 6.07) is 14.2. The van der Waals surface area contributed by atoms with Crippen molar-refractivity contribution in [3.63, 3.8) is 0 Å². The number of methoxy groups -OCH3 is 1. The third-order valence-electron chi connectivity index (χ3n) is 2.27. The van der Waals surface area contributed by atoms with E-state index in [0.29, 0.717) is 0 Å². The zero-order chi connectivity index (χ0) is 12.1. The molecule has 0 unspecified atom stereocenters. The second kappa shape index (κ2) is 5.46. The standard InChI is InChI=1S/C14H12O2S/c1-16-14(15)10-8-12-7-9-13(17-12)11-5-3-2-4-6-11/h2-10H,1H3/b10-8+. The van der Waals surface area contributed by atoms with Crippen LogP contribution in [-0.4, -0.2) is 13.1 Å². The first-order valence-electron chi connectivity index (χ1n) is 5.21. The Balaban J connectivity index is 2.17. The molecule has 86 valence electrons. The molecule has 0 radical (unpaired) electrons. The molecule has 2 nitrogen and oxygen atoms in total. The summed E-state index contributed by atoms with van der Waals surface area (Å²) in [5.41, 5.74) is 1.19. The summed E-state index contributed by atoms with van der Waals surface area (Å²) in [5.74, 6) is -0.334. The Bertz CT molecular complexity index is 526. The van der Waals surface area contributed by atoms with Gasteiger partial charge in [0.05, 0.1) is 7.11 Å². The summed E-state index contributed by atoms with van der Waals surface area (Å²) in [5, 5.41) is 0. The summed E-state index contributed by atoms with van der Waals surface area (Å²) in [6.07, 6.45) is 3.20. The second-order valence-electron chi connectivity index (χ2n) is 3.42. The van der Waals surface area contributed by atoms with Crippen LogP contribution >= 0.6 is 11.3 Å².